The minimum Gasteiger partial charge on any atom is -0.294 e. The number of unbranched alkanes of at least 4 members (excludes halogenated alkanes) is 2. The largest absolute Gasteiger partial charge is 0.294 e. The molecule has 20 heavy (non-hydrogen) atoms. The number of thiophene rings is 1. The van der Waals surface area contributed by atoms with E-state index in [0.717, 1.165) is 29.1 Å². The van der Waals surface area contributed by atoms with E-state index in [1.807, 2.05) is 11.4 Å². The Labute approximate surface area is 130 Å². The van der Waals surface area contributed by atoms with Gasteiger partial charge in [-0.25, -0.2) is 9.97 Å². The summed E-state index contributed by atoms with van der Waals surface area (Å²) in [5, 5.41) is 3.54. The minimum atomic E-state index is 0.494. The number of hydrogen-bond acceptors (Lipinski definition) is 4. The van der Waals surface area contributed by atoms with E-state index in [1.165, 1.54) is 19.3 Å². The van der Waals surface area contributed by atoms with Crippen LogP contribution in [0.2, 0.25) is 5.15 Å². The molecule has 0 fully saturated rings. The van der Waals surface area contributed by atoms with E-state index < -0.39 is 0 Å². The van der Waals surface area contributed by atoms with Crippen LogP contribution in [0.15, 0.2) is 11.4 Å². The molecular formula is C15H22ClN3S. The fourth-order valence-electron chi connectivity index (χ4n) is 2.20. The van der Waals surface area contributed by atoms with Crippen LogP contribution in [0.4, 0.5) is 0 Å². The van der Waals surface area contributed by atoms with Gasteiger partial charge in [0.25, 0.3) is 0 Å². The van der Waals surface area contributed by atoms with Gasteiger partial charge in [-0.1, -0.05) is 31.4 Å². The second kappa shape index (κ2) is 7.34. The predicted octanol–water partition coefficient (Wildman–Crippen LogP) is 4.75. The molecule has 0 bridgehead atoms. The number of fused-ring (bicyclic) bond motifs is 1. The smallest absolute Gasteiger partial charge is 0.145 e. The molecular weight excluding hydrogens is 290 g/mol. The summed E-state index contributed by atoms with van der Waals surface area (Å²) >= 11 is 7.85. The fourth-order valence-corrected chi connectivity index (χ4v) is 3.29. The van der Waals surface area contributed by atoms with Crippen molar-refractivity contribution in [1.29, 1.82) is 0 Å². The van der Waals surface area contributed by atoms with Crippen molar-refractivity contribution in [3.63, 3.8) is 0 Å². The lowest BCUT2D eigenvalue weighted by Gasteiger charge is -2.25. The average molecular weight is 312 g/mol. The summed E-state index contributed by atoms with van der Waals surface area (Å²) in [5.41, 5.74) is 0. The van der Waals surface area contributed by atoms with Gasteiger partial charge in [0.2, 0.25) is 0 Å². The summed E-state index contributed by atoms with van der Waals surface area (Å²) in [5.74, 6) is 0.829. The number of aromatic nitrogens is 2. The molecule has 0 atom stereocenters. The van der Waals surface area contributed by atoms with Gasteiger partial charge < -0.3 is 0 Å². The maximum atomic E-state index is 6.23. The number of halogens is 1. The Morgan fingerprint density at radius 2 is 2.10 bits per heavy atom. The summed E-state index contributed by atoms with van der Waals surface area (Å²) in [4.78, 5) is 12.5. The molecule has 0 spiro atoms. The molecule has 0 radical (unpaired) electrons. The van der Waals surface area contributed by atoms with Gasteiger partial charge in [-0.2, -0.15) is 0 Å². The van der Waals surface area contributed by atoms with Gasteiger partial charge in [0.15, 0.2) is 0 Å². The number of rotatable bonds is 7. The summed E-state index contributed by atoms with van der Waals surface area (Å²) in [7, 11) is 0. The van der Waals surface area contributed by atoms with Gasteiger partial charge in [0.1, 0.15) is 15.8 Å². The van der Waals surface area contributed by atoms with E-state index in [9.17, 15) is 0 Å². The summed E-state index contributed by atoms with van der Waals surface area (Å²) in [6, 6.07) is 2.47. The number of nitrogens with zero attached hydrogens (tertiary/aromatic N) is 3. The molecule has 0 saturated carbocycles. The standard InChI is InChI=1S/C15H22ClN3S/c1-4-5-6-8-19(11(2)3)10-13-17-14(16)12-7-9-20-15(12)18-13/h7,9,11H,4-6,8,10H2,1-3H3. The fraction of sp³-hybridized carbons (Fsp3) is 0.600. The van der Waals surface area contributed by atoms with Crippen LogP contribution in [-0.2, 0) is 6.54 Å². The molecule has 2 aromatic heterocycles. The monoisotopic (exact) mass is 311 g/mol. The zero-order valence-electron chi connectivity index (χ0n) is 12.4. The van der Waals surface area contributed by atoms with Gasteiger partial charge in [-0.3, -0.25) is 4.90 Å². The van der Waals surface area contributed by atoms with Crippen molar-refractivity contribution in [2.24, 2.45) is 0 Å². The van der Waals surface area contributed by atoms with Crippen LogP contribution in [0.1, 0.15) is 45.9 Å². The lowest BCUT2D eigenvalue weighted by Crippen LogP contribution is -2.32. The molecule has 0 aromatic carbocycles. The first kappa shape index (κ1) is 15.7. The van der Waals surface area contributed by atoms with Crippen molar-refractivity contribution in [1.82, 2.24) is 14.9 Å². The lowest BCUT2D eigenvalue weighted by molar-refractivity contribution is 0.203. The Kier molecular flexibility index (Phi) is 5.75. The third kappa shape index (κ3) is 3.90. The van der Waals surface area contributed by atoms with Crippen LogP contribution >= 0.6 is 22.9 Å². The molecule has 0 aliphatic heterocycles. The van der Waals surface area contributed by atoms with E-state index in [1.54, 1.807) is 11.3 Å². The molecule has 0 N–H and O–H groups in total. The van der Waals surface area contributed by atoms with Crippen molar-refractivity contribution in [3.05, 3.63) is 22.4 Å². The third-order valence-corrected chi connectivity index (χ3v) is 4.54. The molecule has 110 valence electrons. The van der Waals surface area contributed by atoms with Crippen LogP contribution in [-0.4, -0.2) is 27.5 Å². The second-order valence-electron chi connectivity index (χ2n) is 5.34. The molecule has 5 heteroatoms. The molecule has 0 aliphatic carbocycles. The maximum absolute atomic E-state index is 6.23. The van der Waals surface area contributed by atoms with E-state index in [-0.39, 0.29) is 0 Å². The van der Waals surface area contributed by atoms with Gasteiger partial charge in [-0.15, -0.1) is 11.3 Å². The van der Waals surface area contributed by atoms with Gasteiger partial charge in [-0.05, 0) is 38.3 Å². The second-order valence-corrected chi connectivity index (χ2v) is 6.59. The zero-order valence-corrected chi connectivity index (χ0v) is 14.0. The van der Waals surface area contributed by atoms with E-state index in [2.05, 4.69) is 35.6 Å². The molecule has 0 aliphatic rings. The highest BCUT2D eigenvalue weighted by Gasteiger charge is 2.13. The molecule has 2 aromatic rings. The van der Waals surface area contributed by atoms with Crippen LogP contribution in [0.25, 0.3) is 10.2 Å². The topological polar surface area (TPSA) is 29.0 Å². The van der Waals surface area contributed by atoms with E-state index in [4.69, 9.17) is 11.6 Å². The Morgan fingerprint density at radius 1 is 1.30 bits per heavy atom. The summed E-state index contributed by atoms with van der Waals surface area (Å²) in [6.45, 7) is 8.53. The van der Waals surface area contributed by atoms with Gasteiger partial charge >= 0.3 is 0 Å². The average Bonchev–Trinajstić information content (AvgIpc) is 2.86. The van der Waals surface area contributed by atoms with Crippen LogP contribution in [0.3, 0.4) is 0 Å². The van der Waals surface area contributed by atoms with Gasteiger partial charge in [0.05, 0.1) is 6.54 Å². The van der Waals surface area contributed by atoms with Gasteiger partial charge in [0, 0.05) is 11.4 Å². The summed E-state index contributed by atoms with van der Waals surface area (Å²) < 4.78 is 0. The number of hydrogen-bond donors (Lipinski definition) is 0. The normalized spacial score (nSPS) is 11.9. The van der Waals surface area contributed by atoms with Crippen LogP contribution in [0, 0.1) is 0 Å². The molecule has 0 unspecified atom stereocenters. The Hall–Kier alpha value is -0.710. The van der Waals surface area contributed by atoms with Crippen LogP contribution < -0.4 is 0 Å². The summed E-state index contributed by atoms with van der Waals surface area (Å²) in [6.07, 6.45) is 3.74. The molecule has 3 nitrogen and oxygen atoms in total. The van der Waals surface area contributed by atoms with Crippen molar-refractivity contribution in [2.45, 2.75) is 52.6 Å². The Morgan fingerprint density at radius 3 is 2.80 bits per heavy atom. The van der Waals surface area contributed by atoms with Crippen molar-refractivity contribution in [2.75, 3.05) is 6.54 Å². The molecule has 2 heterocycles. The molecule has 0 saturated heterocycles. The van der Waals surface area contributed by atoms with E-state index >= 15 is 0 Å². The Balaban J connectivity index is 2.11. The highest BCUT2D eigenvalue weighted by Crippen LogP contribution is 2.25. The zero-order chi connectivity index (χ0) is 14.5. The van der Waals surface area contributed by atoms with Crippen molar-refractivity contribution < 1.29 is 0 Å². The lowest BCUT2D eigenvalue weighted by atomic mass is 10.2. The predicted molar refractivity (Wildman–Crippen MR) is 87.5 cm³/mol. The van der Waals surface area contributed by atoms with Crippen molar-refractivity contribution >= 4 is 33.2 Å². The first-order chi connectivity index (χ1) is 9.61. The molecule has 0 amide bonds. The first-order valence-corrected chi connectivity index (χ1v) is 8.51. The highest BCUT2D eigenvalue weighted by molar-refractivity contribution is 7.16. The quantitative estimate of drug-likeness (QED) is 0.546. The van der Waals surface area contributed by atoms with Crippen molar-refractivity contribution in [3.8, 4) is 0 Å². The van der Waals surface area contributed by atoms with E-state index in [0.29, 0.717) is 11.2 Å². The highest BCUT2D eigenvalue weighted by atomic mass is 35.5. The first-order valence-electron chi connectivity index (χ1n) is 7.25. The Bertz CT molecular complexity index is 553. The van der Waals surface area contributed by atoms with Crippen LogP contribution in [0.5, 0.6) is 0 Å². The third-order valence-electron chi connectivity index (χ3n) is 3.45. The maximum Gasteiger partial charge on any atom is 0.145 e. The SMILES string of the molecule is CCCCCN(Cc1nc(Cl)c2ccsc2n1)C(C)C. The minimum absolute atomic E-state index is 0.494. The molecule has 2 rings (SSSR count).